The number of terminal acetylenes is 1. The molecule has 0 aromatic heterocycles. The number of hydrogen-bond acceptors (Lipinski definition) is 1. The van der Waals surface area contributed by atoms with Gasteiger partial charge in [0.25, 0.3) is 0 Å². The summed E-state index contributed by atoms with van der Waals surface area (Å²) in [6.45, 7) is 0. The van der Waals surface area contributed by atoms with Gasteiger partial charge in [-0.2, -0.15) is 0 Å². The molecule has 1 rings (SSSR count). The molecule has 0 fully saturated rings. The maximum atomic E-state index is 5.84. The summed E-state index contributed by atoms with van der Waals surface area (Å²) in [5.74, 6) is 2.66. The zero-order valence-corrected chi connectivity index (χ0v) is 9.72. The van der Waals surface area contributed by atoms with Crippen molar-refractivity contribution in [2.45, 2.75) is 25.3 Å². The first-order chi connectivity index (χ1) is 7.27. The van der Waals surface area contributed by atoms with Gasteiger partial charge in [0.05, 0.1) is 0 Å². The molecule has 0 bridgehead atoms. The van der Waals surface area contributed by atoms with Gasteiger partial charge in [0.1, 0.15) is 0 Å². The summed E-state index contributed by atoms with van der Waals surface area (Å²) in [5, 5.41) is 4.06. The molecule has 0 saturated carbocycles. The van der Waals surface area contributed by atoms with Crippen LogP contribution in [0.5, 0.6) is 0 Å². The van der Waals surface area contributed by atoms with Gasteiger partial charge in [-0.05, 0) is 37.6 Å². The smallest absolute Gasteiger partial charge is 0.0406 e. The summed E-state index contributed by atoms with van der Waals surface area (Å²) < 4.78 is 0. The SMILES string of the molecule is C#CCCCC(NC)c1ccc(Cl)cc1. The molecule has 0 radical (unpaired) electrons. The largest absolute Gasteiger partial charge is 0.313 e. The third-order valence-electron chi connectivity index (χ3n) is 2.43. The van der Waals surface area contributed by atoms with Gasteiger partial charge in [-0.15, -0.1) is 12.3 Å². The molecule has 0 saturated heterocycles. The van der Waals surface area contributed by atoms with Gasteiger partial charge in [-0.3, -0.25) is 0 Å². The van der Waals surface area contributed by atoms with E-state index >= 15 is 0 Å². The highest BCUT2D eigenvalue weighted by atomic mass is 35.5. The highest BCUT2D eigenvalue weighted by Gasteiger charge is 2.07. The molecule has 0 aliphatic carbocycles. The number of nitrogens with one attached hydrogen (secondary N) is 1. The van der Waals surface area contributed by atoms with E-state index in [1.165, 1.54) is 5.56 Å². The lowest BCUT2D eigenvalue weighted by Gasteiger charge is -2.15. The Morgan fingerprint density at radius 2 is 2.07 bits per heavy atom. The fraction of sp³-hybridized carbons (Fsp3) is 0.385. The van der Waals surface area contributed by atoms with E-state index in [4.69, 9.17) is 18.0 Å². The topological polar surface area (TPSA) is 12.0 Å². The zero-order chi connectivity index (χ0) is 11.1. The van der Waals surface area contributed by atoms with Crippen LogP contribution in [-0.4, -0.2) is 7.05 Å². The van der Waals surface area contributed by atoms with Crippen molar-refractivity contribution in [3.05, 3.63) is 34.9 Å². The van der Waals surface area contributed by atoms with E-state index in [1.807, 2.05) is 19.2 Å². The third-order valence-corrected chi connectivity index (χ3v) is 2.69. The van der Waals surface area contributed by atoms with Gasteiger partial charge in [0.2, 0.25) is 0 Å². The van der Waals surface area contributed by atoms with E-state index in [0.717, 1.165) is 24.3 Å². The molecule has 1 nitrogen and oxygen atoms in total. The molecule has 1 N–H and O–H groups in total. The molecule has 1 aromatic carbocycles. The zero-order valence-electron chi connectivity index (χ0n) is 8.96. The first-order valence-corrected chi connectivity index (χ1v) is 5.52. The first-order valence-electron chi connectivity index (χ1n) is 5.14. The summed E-state index contributed by atoms with van der Waals surface area (Å²) in [5.41, 5.74) is 1.26. The van der Waals surface area contributed by atoms with Gasteiger partial charge < -0.3 is 5.32 Å². The van der Waals surface area contributed by atoms with Crippen LogP contribution in [0, 0.1) is 12.3 Å². The number of rotatable bonds is 5. The van der Waals surface area contributed by atoms with Crippen molar-refractivity contribution in [2.75, 3.05) is 7.05 Å². The van der Waals surface area contributed by atoms with Crippen molar-refractivity contribution >= 4 is 11.6 Å². The Morgan fingerprint density at radius 3 is 2.60 bits per heavy atom. The molecule has 0 aliphatic heterocycles. The summed E-state index contributed by atoms with van der Waals surface area (Å²) >= 11 is 5.84. The van der Waals surface area contributed by atoms with E-state index in [-0.39, 0.29) is 0 Å². The quantitative estimate of drug-likeness (QED) is 0.594. The van der Waals surface area contributed by atoms with Crippen molar-refractivity contribution in [2.24, 2.45) is 0 Å². The average Bonchev–Trinajstić information content (AvgIpc) is 2.26. The summed E-state index contributed by atoms with van der Waals surface area (Å²) in [7, 11) is 1.97. The van der Waals surface area contributed by atoms with Crippen molar-refractivity contribution in [1.82, 2.24) is 5.32 Å². The van der Waals surface area contributed by atoms with Crippen LogP contribution in [0.2, 0.25) is 5.02 Å². The molecule has 2 heteroatoms. The normalized spacial score (nSPS) is 12.1. The number of benzene rings is 1. The minimum atomic E-state index is 0.371. The Labute approximate surface area is 96.8 Å². The van der Waals surface area contributed by atoms with E-state index < -0.39 is 0 Å². The summed E-state index contributed by atoms with van der Waals surface area (Å²) in [6, 6.07) is 8.32. The van der Waals surface area contributed by atoms with Crippen LogP contribution in [0.15, 0.2) is 24.3 Å². The first kappa shape index (κ1) is 12.1. The second kappa shape index (κ2) is 6.50. The number of hydrogen-bond donors (Lipinski definition) is 1. The van der Waals surface area contributed by atoms with Crippen molar-refractivity contribution in [3.8, 4) is 12.3 Å². The predicted octanol–water partition coefficient (Wildman–Crippen LogP) is 3.40. The van der Waals surface area contributed by atoms with E-state index in [9.17, 15) is 0 Å². The van der Waals surface area contributed by atoms with Crippen LogP contribution in [0.3, 0.4) is 0 Å². The van der Waals surface area contributed by atoms with Crippen molar-refractivity contribution < 1.29 is 0 Å². The fourth-order valence-electron chi connectivity index (χ4n) is 1.58. The molecule has 0 amide bonds. The Hall–Kier alpha value is -0.970. The van der Waals surface area contributed by atoms with Crippen LogP contribution >= 0.6 is 11.6 Å². The molecule has 0 spiro atoms. The van der Waals surface area contributed by atoms with E-state index in [0.29, 0.717) is 6.04 Å². The molecular formula is C13H16ClN. The molecule has 1 unspecified atom stereocenters. The van der Waals surface area contributed by atoms with Crippen LogP contribution in [0.25, 0.3) is 0 Å². The molecule has 1 aromatic rings. The summed E-state index contributed by atoms with van der Waals surface area (Å²) in [6.07, 6.45) is 8.17. The standard InChI is InChI=1S/C13H16ClN/c1-3-4-5-6-13(15-2)11-7-9-12(14)10-8-11/h1,7-10,13,15H,4-6H2,2H3. The second-order valence-electron chi connectivity index (χ2n) is 3.49. The molecule has 0 heterocycles. The van der Waals surface area contributed by atoms with Gasteiger partial charge >= 0.3 is 0 Å². The van der Waals surface area contributed by atoms with Crippen LogP contribution in [0.4, 0.5) is 0 Å². The molecular weight excluding hydrogens is 206 g/mol. The maximum absolute atomic E-state index is 5.84. The Balaban J connectivity index is 2.58. The lowest BCUT2D eigenvalue weighted by Crippen LogP contribution is -2.16. The predicted molar refractivity (Wildman–Crippen MR) is 65.9 cm³/mol. The lowest BCUT2D eigenvalue weighted by molar-refractivity contribution is 0.532. The Kier molecular flexibility index (Phi) is 5.25. The highest BCUT2D eigenvalue weighted by Crippen LogP contribution is 2.20. The number of halogens is 1. The third kappa shape index (κ3) is 3.95. The Morgan fingerprint density at radius 1 is 1.40 bits per heavy atom. The van der Waals surface area contributed by atoms with Crippen molar-refractivity contribution in [1.29, 1.82) is 0 Å². The minimum absolute atomic E-state index is 0.371. The lowest BCUT2D eigenvalue weighted by atomic mass is 10.0. The molecule has 1 atom stereocenters. The fourth-order valence-corrected chi connectivity index (χ4v) is 1.71. The van der Waals surface area contributed by atoms with E-state index in [2.05, 4.69) is 23.4 Å². The van der Waals surface area contributed by atoms with Gasteiger partial charge in [0, 0.05) is 17.5 Å². The Bertz CT molecular complexity index is 323. The van der Waals surface area contributed by atoms with E-state index in [1.54, 1.807) is 0 Å². The average molecular weight is 222 g/mol. The van der Waals surface area contributed by atoms with Gasteiger partial charge in [-0.1, -0.05) is 23.7 Å². The van der Waals surface area contributed by atoms with Gasteiger partial charge in [0.15, 0.2) is 0 Å². The van der Waals surface area contributed by atoms with Crippen molar-refractivity contribution in [3.63, 3.8) is 0 Å². The summed E-state index contributed by atoms with van der Waals surface area (Å²) in [4.78, 5) is 0. The molecule has 0 aliphatic rings. The maximum Gasteiger partial charge on any atom is 0.0406 e. The molecule has 80 valence electrons. The molecule has 15 heavy (non-hydrogen) atoms. The number of unbranched alkanes of at least 4 members (excludes halogenated alkanes) is 1. The van der Waals surface area contributed by atoms with Crippen LogP contribution in [0.1, 0.15) is 30.9 Å². The minimum Gasteiger partial charge on any atom is -0.313 e. The highest BCUT2D eigenvalue weighted by molar-refractivity contribution is 6.30. The monoisotopic (exact) mass is 221 g/mol. The van der Waals surface area contributed by atoms with Crippen LogP contribution < -0.4 is 5.32 Å². The second-order valence-corrected chi connectivity index (χ2v) is 3.93. The van der Waals surface area contributed by atoms with Gasteiger partial charge in [-0.25, -0.2) is 0 Å². The van der Waals surface area contributed by atoms with Crippen LogP contribution in [-0.2, 0) is 0 Å².